The zero-order chi connectivity index (χ0) is 15.1. The van der Waals surface area contributed by atoms with Gasteiger partial charge in [-0.15, -0.1) is 0 Å². The maximum atomic E-state index is 9.19. The third-order valence-corrected chi connectivity index (χ3v) is 4.30. The molecule has 2 unspecified atom stereocenters. The molecule has 1 aliphatic rings. The zero-order valence-electron chi connectivity index (χ0n) is 12.9. The highest BCUT2D eigenvalue weighted by atomic mass is 16.5. The number of likely N-dealkylation sites (tertiary alicyclic amines) is 1. The van der Waals surface area contributed by atoms with E-state index in [-0.39, 0.29) is 0 Å². The number of rotatable bonds is 8. The van der Waals surface area contributed by atoms with Crippen molar-refractivity contribution in [2.45, 2.75) is 38.8 Å². The van der Waals surface area contributed by atoms with Gasteiger partial charge in [0.15, 0.2) is 0 Å². The largest absolute Gasteiger partial charge is 0.375 e. The van der Waals surface area contributed by atoms with Gasteiger partial charge in [0.25, 0.3) is 0 Å². The van der Waals surface area contributed by atoms with Crippen LogP contribution >= 0.6 is 0 Å². The maximum Gasteiger partial charge on any atom is 0.222 e. The molecule has 5 heteroatoms. The van der Waals surface area contributed by atoms with Crippen LogP contribution < -0.4 is 10.5 Å². The average molecular weight is 294 g/mol. The van der Waals surface area contributed by atoms with Gasteiger partial charge in [-0.1, -0.05) is 13.3 Å². The lowest BCUT2D eigenvalue weighted by Crippen LogP contribution is -2.34. The minimum absolute atomic E-state index is 0.521. The van der Waals surface area contributed by atoms with Gasteiger partial charge in [-0.05, 0) is 37.4 Å². The van der Waals surface area contributed by atoms with Gasteiger partial charge >= 0.3 is 0 Å². The van der Waals surface area contributed by atoms with Crippen LogP contribution in [0.15, 0.2) is 24.5 Å². The summed E-state index contributed by atoms with van der Waals surface area (Å²) in [6, 6.07) is 4.26. The van der Waals surface area contributed by atoms with Gasteiger partial charge in [-0.2, -0.15) is 0 Å². The fourth-order valence-corrected chi connectivity index (χ4v) is 2.99. The second-order valence-corrected chi connectivity index (χ2v) is 5.90. The summed E-state index contributed by atoms with van der Waals surface area (Å²) in [6.45, 7) is 6.65. The van der Waals surface area contributed by atoms with E-state index in [1.54, 1.807) is 12.4 Å². The van der Waals surface area contributed by atoms with E-state index >= 15 is 0 Å². The Balaban J connectivity index is 1.78. The van der Waals surface area contributed by atoms with E-state index in [2.05, 4.69) is 11.8 Å². The smallest absolute Gasteiger partial charge is 0.222 e. The summed E-state index contributed by atoms with van der Waals surface area (Å²) in [5, 5.41) is 9.19. The molecule has 1 saturated heterocycles. The third-order valence-electron chi connectivity index (χ3n) is 4.30. The van der Waals surface area contributed by atoms with E-state index in [1.807, 2.05) is 12.1 Å². The molecule has 2 atom stereocenters. The topological polar surface area (TPSA) is 62.6 Å². The van der Waals surface area contributed by atoms with Crippen LogP contribution in [0.1, 0.15) is 31.7 Å². The van der Waals surface area contributed by atoms with Crippen molar-refractivity contribution in [3.8, 4) is 0 Å². The monoisotopic (exact) mass is 294 g/mol. The molecule has 1 aromatic rings. The summed E-state index contributed by atoms with van der Waals surface area (Å²) in [5.41, 5.74) is 6.71. The molecule has 118 valence electrons. The van der Waals surface area contributed by atoms with Gasteiger partial charge in [0.2, 0.25) is 12.4 Å². The lowest BCUT2D eigenvalue weighted by atomic mass is 10.0. The van der Waals surface area contributed by atoms with Gasteiger partial charge in [0, 0.05) is 29.4 Å². The summed E-state index contributed by atoms with van der Waals surface area (Å²) >= 11 is 0. The van der Waals surface area contributed by atoms with Gasteiger partial charge in [0.1, 0.15) is 0 Å². The number of ether oxygens (including phenoxy) is 1. The second kappa shape index (κ2) is 8.32. The van der Waals surface area contributed by atoms with Crippen molar-refractivity contribution in [3.63, 3.8) is 0 Å². The van der Waals surface area contributed by atoms with Crippen LogP contribution in [0.2, 0.25) is 0 Å². The van der Waals surface area contributed by atoms with Gasteiger partial charge in [-0.25, -0.2) is 0 Å². The summed E-state index contributed by atoms with van der Waals surface area (Å²) in [6.07, 6.45) is 6.77. The molecular weight excluding hydrogens is 266 g/mol. The van der Waals surface area contributed by atoms with Crippen molar-refractivity contribution < 1.29 is 14.7 Å². The first-order valence-electron chi connectivity index (χ1n) is 7.94. The normalized spacial score (nSPS) is 22.8. The Labute approximate surface area is 127 Å². The van der Waals surface area contributed by atoms with E-state index in [4.69, 9.17) is 10.5 Å². The van der Waals surface area contributed by atoms with Crippen molar-refractivity contribution in [3.05, 3.63) is 30.1 Å². The minimum atomic E-state index is 0.521. The summed E-state index contributed by atoms with van der Waals surface area (Å²) < 4.78 is 6.93. The molecule has 2 heterocycles. The van der Waals surface area contributed by atoms with E-state index < -0.39 is 0 Å². The van der Waals surface area contributed by atoms with Crippen molar-refractivity contribution in [1.29, 1.82) is 0 Å². The Kier molecular flexibility index (Phi) is 6.42. The Morgan fingerprint density at radius 3 is 2.86 bits per heavy atom. The number of pyridine rings is 1. The molecule has 1 aliphatic heterocycles. The molecule has 5 nitrogen and oxygen atoms in total. The van der Waals surface area contributed by atoms with Crippen LogP contribution in [0.5, 0.6) is 0 Å². The first-order chi connectivity index (χ1) is 10.2. The summed E-state index contributed by atoms with van der Waals surface area (Å²) in [7, 11) is 0. The maximum absolute atomic E-state index is 9.19. The molecule has 1 aromatic heterocycles. The van der Waals surface area contributed by atoms with E-state index in [9.17, 15) is 5.21 Å². The summed E-state index contributed by atoms with van der Waals surface area (Å²) in [5.74, 6) is 0.793. The molecule has 1 fully saturated rings. The molecule has 0 aromatic carbocycles. The first kappa shape index (κ1) is 16.2. The van der Waals surface area contributed by atoms with Crippen LogP contribution in [-0.2, 0) is 11.3 Å². The second-order valence-electron chi connectivity index (χ2n) is 5.90. The molecule has 0 aliphatic carbocycles. The predicted molar refractivity (Wildman–Crippen MR) is 80.9 cm³/mol. The van der Waals surface area contributed by atoms with Gasteiger partial charge in [-0.3, -0.25) is 10.1 Å². The number of aromatic nitrogens is 1. The highest BCUT2D eigenvalue weighted by molar-refractivity contribution is 5.05. The van der Waals surface area contributed by atoms with Crippen molar-refractivity contribution in [1.82, 2.24) is 4.90 Å². The number of nitrogens with two attached hydrogens (primary N) is 1. The number of hydrogen-bond donors (Lipinski definition) is 2. The van der Waals surface area contributed by atoms with Crippen LogP contribution in [0.3, 0.4) is 0 Å². The highest BCUT2D eigenvalue weighted by Gasteiger charge is 2.30. The average Bonchev–Trinajstić information content (AvgIpc) is 2.89. The lowest BCUT2D eigenvalue weighted by Gasteiger charge is -2.24. The standard InChI is InChI=1S/C16H28N3O2/c1-2-14-10-16(18(11-14)7-3-6-17)13-21-12-15-4-8-19(20)9-5-15/h4-5,8-9,14,16,20H,2-3,6-7,10-13,17H2,1H3/q+1. The first-order valence-corrected chi connectivity index (χ1v) is 7.94. The van der Waals surface area contributed by atoms with Crippen LogP contribution in [0.4, 0.5) is 0 Å². The molecular formula is C16H28N3O2+. The molecule has 0 bridgehead atoms. The Bertz CT molecular complexity index is 410. The number of nitrogens with zero attached hydrogens (tertiary/aromatic N) is 2. The minimum Gasteiger partial charge on any atom is -0.375 e. The van der Waals surface area contributed by atoms with Gasteiger partial charge in [0.05, 0.1) is 13.2 Å². The molecule has 0 spiro atoms. The van der Waals surface area contributed by atoms with Crippen molar-refractivity contribution in [2.75, 3.05) is 26.2 Å². The summed E-state index contributed by atoms with van der Waals surface area (Å²) in [4.78, 5) is 2.54. The fourth-order valence-electron chi connectivity index (χ4n) is 2.99. The third kappa shape index (κ3) is 4.95. The van der Waals surface area contributed by atoms with Crippen LogP contribution in [-0.4, -0.2) is 42.4 Å². The molecule has 0 saturated carbocycles. The Hall–Kier alpha value is -1.17. The molecule has 0 radical (unpaired) electrons. The van der Waals surface area contributed by atoms with Crippen molar-refractivity contribution in [2.24, 2.45) is 11.7 Å². The Morgan fingerprint density at radius 2 is 2.19 bits per heavy atom. The van der Waals surface area contributed by atoms with Crippen molar-refractivity contribution >= 4 is 0 Å². The highest BCUT2D eigenvalue weighted by Crippen LogP contribution is 2.26. The molecule has 2 rings (SSSR count). The quantitative estimate of drug-likeness (QED) is 0.558. The lowest BCUT2D eigenvalue weighted by molar-refractivity contribution is -0.904. The number of hydrogen-bond acceptors (Lipinski definition) is 4. The predicted octanol–water partition coefficient (Wildman–Crippen LogP) is 1.18. The van der Waals surface area contributed by atoms with E-state index in [1.165, 1.54) is 19.4 Å². The SMILES string of the molecule is CCC1CC(COCc2cc[n+](O)cc2)N(CCCN)C1. The fraction of sp³-hybridized carbons (Fsp3) is 0.688. The van der Waals surface area contributed by atoms with E-state index in [0.29, 0.717) is 12.6 Å². The molecule has 21 heavy (non-hydrogen) atoms. The molecule has 0 amide bonds. The van der Waals surface area contributed by atoms with E-state index in [0.717, 1.165) is 42.3 Å². The zero-order valence-corrected chi connectivity index (χ0v) is 12.9. The van der Waals surface area contributed by atoms with Crippen LogP contribution in [0, 0.1) is 5.92 Å². The Morgan fingerprint density at radius 1 is 1.43 bits per heavy atom. The van der Waals surface area contributed by atoms with Gasteiger partial charge < -0.3 is 10.5 Å². The molecule has 3 N–H and O–H groups in total. The van der Waals surface area contributed by atoms with Crippen LogP contribution in [0.25, 0.3) is 0 Å².